The third kappa shape index (κ3) is 2.81. The summed E-state index contributed by atoms with van der Waals surface area (Å²) in [5.41, 5.74) is -0.125. The van der Waals surface area contributed by atoms with Gasteiger partial charge in [-0.05, 0) is 18.1 Å². The Kier molecular flexibility index (Phi) is 3.50. The van der Waals surface area contributed by atoms with E-state index in [-0.39, 0.29) is 23.7 Å². The van der Waals surface area contributed by atoms with E-state index in [9.17, 15) is 18.0 Å². The molecule has 0 aliphatic rings. The molecule has 1 rings (SSSR count). The highest BCUT2D eigenvalue weighted by Gasteiger charge is 2.15. The summed E-state index contributed by atoms with van der Waals surface area (Å²) >= 11 is 0. The molecule has 0 aromatic heterocycles. The van der Waals surface area contributed by atoms with E-state index >= 15 is 0 Å². The van der Waals surface area contributed by atoms with Gasteiger partial charge in [0.1, 0.15) is 0 Å². The second-order valence-electron chi connectivity index (χ2n) is 3.78. The molecule has 0 bridgehead atoms. The van der Waals surface area contributed by atoms with E-state index in [0.29, 0.717) is 0 Å². The summed E-state index contributed by atoms with van der Waals surface area (Å²) in [4.78, 5) is 11.4. The Balaban J connectivity index is 3.01. The molecule has 82 valence electrons. The Hall–Kier alpha value is -1.32. The van der Waals surface area contributed by atoms with Crippen molar-refractivity contribution in [1.29, 1.82) is 0 Å². The van der Waals surface area contributed by atoms with Crippen LogP contribution in [-0.4, -0.2) is 5.78 Å². The van der Waals surface area contributed by atoms with Gasteiger partial charge >= 0.3 is 0 Å². The van der Waals surface area contributed by atoms with E-state index in [2.05, 4.69) is 0 Å². The van der Waals surface area contributed by atoms with Crippen molar-refractivity contribution >= 4 is 5.78 Å². The Morgan fingerprint density at radius 2 is 1.67 bits per heavy atom. The van der Waals surface area contributed by atoms with Gasteiger partial charge in [-0.15, -0.1) is 0 Å². The van der Waals surface area contributed by atoms with Crippen molar-refractivity contribution in [3.63, 3.8) is 0 Å². The van der Waals surface area contributed by atoms with E-state index in [1.165, 1.54) is 0 Å². The molecule has 0 spiro atoms. The molecule has 0 fully saturated rings. The van der Waals surface area contributed by atoms with Crippen molar-refractivity contribution in [3.8, 4) is 0 Å². The van der Waals surface area contributed by atoms with Crippen LogP contribution in [0.2, 0.25) is 0 Å². The molecule has 15 heavy (non-hydrogen) atoms. The first-order valence-corrected chi connectivity index (χ1v) is 4.59. The molecule has 1 aromatic rings. The molecule has 0 N–H and O–H groups in total. The molecule has 0 heterocycles. The summed E-state index contributed by atoms with van der Waals surface area (Å²) in [6.45, 7) is 3.63. The first-order valence-electron chi connectivity index (χ1n) is 4.59. The number of carbonyl (C=O) groups excluding carboxylic acids is 1. The molecular formula is C11H11F3O. The maximum Gasteiger partial charge on any atom is 0.194 e. The smallest absolute Gasteiger partial charge is 0.194 e. The van der Waals surface area contributed by atoms with E-state index in [1.807, 2.05) is 13.8 Å². The number of halogens is 3. The van der Waals surface area contributed by atoms with Crippen LogP contribution in [-0.2, 0) is 0 Å². The third-order valence-corrected chi connectivity index (χ3v) is 1.90. The van der Waals surface area contributed by atoms with Gasteiger partial charge in [0.05, 0.1) is 0 Å². The Labute approximate surface area is 85.9 Å². The lowest BCUT2D eigenvalue weighted by Gasteiger charge is -2.04. The predicted molar refractivity (Wildman–Crippen MR) is 50.1 cm³/mol. The first-order chi connectivity index (χ1) is 6.91. The zero-order valence-electron chi connectivity index (χ0n) is 8.48. The monoisotopic (exact) mass is 216 g/mol. The molecule has 0 radical (unpaired) electrons. The zero-order chi connectivity index (χ0) is 11.6. The molecule has 0 aliphatic carbocycles. The fourth-order valence-corrected chi connectivity index (χ4v) is 1.21. The van der Waals surface area contributed by atoms with Crippen LogP contribution < -0.4 is 0 Å². The van der Waals surface area contributed by atoms with Gasteiger partial charge in [0.2, 0.25) is 0 Å². The highest BCUT2D eigenvalue weighted by molar-refractivity contribution is 5.96. The summed E-state index contributed by atoms with van der Waals surface area (Å²) in [5, 5.41) is 0. The Bertz CT molecular complexity index is 362. The highest BCUT2D eigenvalue weighted by atomic mass is 19.2. The fourth-order valence-electron chi connectivity index (χ4n) is 1.21. The van der Waals surface area contributed by atoms with Crippen LogP contribution >= 0.6 is 0 Å². The van der Waals surface area contributed by atoms with Crippen molar-refractivity contribution < 1.29 is 18.0 Å². The minimum absolute atomic E-state index is 0.0914. The number of carbonyl (C=O) groups is 1. The van der Waals surface area contributed by atoms with Crippen LogP contribution in [0.25, 0.3) is 0 Å². The van der Waals surface area contributed by atoms with Crippen LogP contribution in [0.3, 0.4) is 0 Å². The van der Waals surface area contributed by atoms with Gasteiger partial charge in [0.15, 0.2) is 23.2 Å². The van der Waals surface area contributed by atoms with Crippen LogP contribution in [0.1, 0.15) is 30.6 Å². The van der Waals surface area contributed by atoms with E-state index in [1.54, 1.807) is 0 Å². The van der Waals surface area contributed by atoms with Gasteiger partial charge in [-0.3, -0.25) is 4.79 Å². The van der Waals surface area contributed by atoms with E-state index in [0.717, 1.165) is 12.1 Å². The lowest BCUT2D eigenvalue weighted by Crippen LogP contribution is -2.06. The summed E-state index contributed by atoms with van der Waals surface area (Å²) < 4.78 is 38.1. The van der Waals surface area contributed by atoms with Crippen LogP contribution in [0.15, 0.2) is 12.1 Å². The minimum atomic E-state index is -1.55. The normalized spacial score (nSPS) is 10.8. The maximum absolute atomic E-state index is 12.8. The highest BCUT2D eigenvalue weighted by Crippen LogP contribution is 2.16. The van der Waals surface area contributed by atoms with Gasteiger partial charge in [0.25, 0.3) is 0 Å². The van der Waals surface area contributed by atoms with Crippen molar-refractivity contribution in [1.82, 2.24) is 0 Å². The number of benzene rings is 1. The van der Waals surface area contributed by atoms with Gasteiger partial charge in [-0.2, -0.15) is 0 Å². The number of rotatable bonds is 3. The second-order valence-corrected chi connectivity index (χ2v) is 3.78. The molecule has 1 aromatic carbocycles. The molecule has 0 saturated heterocycles. The van der Waals surface area contributed by atoms with Crippen molar-refractivity contribution in [2.75, 3.05) is 0 Å². The Morgan fingerprint density at radius 3 is 2.07 bits per heavy atom. The molecule has 4 heteroatoms. The van der Waals surface area contributed by atoms with Crippen molar-refractivity contribution in [3.05, 3.63) is 35.1 Å². The summed E-state index contributed by atoms with van der Waals surface area (Å²) in [6, 6.07) is 1.45. The summed E-state index contributed by atoms with van der Waals surface area (Å²) in [7, 11) is 0. The zero-order valence-corrected chi connectivity index (χ0v) is 8.48. The number of hydrogen-bond donors (Lipinski definition) is 0. The van der Waals surface area contributed by atoms with E-state index in [4.69, 9.17) is 0 Å². The maximum atomic E-state index is 12.8. The average Bonchev–Trinajstić information content (AvgIpc) is 2.12. The Morgan fingerprint density at radius 1 is 1.20 bits per heavy atom. The first kappa shape index (κ1) is 11.8. The molecule has 0 atom stereocenters. The average molecular weight is 216 g/mol. The van der Waals surface area contributed by atoms with Gasteiger partial charge in [-0.25, -0.2) is 13.2 Å². The summed E-state index contributed by atoms with van der Waals surface area (Å²) in [5.74, 6) is -4.50. The number of hydrogen-bond acceptors (Lipinski definition) is 1. The minimum Gasteiger partial charge on any atom is -0.294 e. The van der Waals surface area contributed by atoms with Gasteiger partial charge < -0.3 is 0 Å². The fraction of sp³-hybridized carbons (Fsp3) is 0.364. The van der Waals surface area contributed by atoms with Gasteiger partial charge in [-0.1, -0.05) is 13.8 Å². The van der Waals surface area contributed by atoms with E-state index < -0.39 is 17.5 Å². The molecule has 0 amide bonds. The van der Waals surface area contributed by atoms with Gasteiger partial charge in [0, 0.05) is 12.0 Å². The quantitative estimate of drug-likeness (QED) is 0.559. The van der Waals surface area contributed by atoms with Crippen LogP contribution in [0.4, 0.5) is 13.2 Å². The molecular weight excluding hydrogens is 205 g/mol. The SMILES string of the molecule is CC(C)CC(=O)c1cc(F)c(F)c(F)c1. The third-order valence-electron chi connectivity index (χ3n) is 1.90. The van der Waals surface area contributed by atoms with Crippen LogP contribution in [0.5, 0.6) is 0 Å². The lowest BCUT2D eigenvalue weighted by molar-refractivity contribution is 0.0966. The second kappa shape index (κ2) is 4.47. The molecule has 0 unspecified atom stereocenters. The topological polar surface area (TPSA) is 17.1 Å². The molecule has 0 saturated carbocycles. The van der Waals surface area contributed by atoms with Crippen molar-refractivity contribution in [2.45, 2.75) is 20.3 Å². The number of ketones is 1. The summed E-state index contributed by atoms with van der Waals surface area (Å²) in [6.07, 6.45) is 0.185. The molecule has 1 nitrogen and oxygen atoms in total. The largest absolute Gasteiger partial charge is 0.294 e. The number of Topliss-reactive ketones (excluding diaryl/α,β-unsaturated/α-hetero) is 1. The molecule has 0 aliphatic heterocycles. The lowest BCUT2D eigenvalue weighted by atomic mass is 10.0. The standard InChI is InChI=1S/C11H11F3O/c1-6(2)3-10(15)7-4-8(12)11(14)9(13)5-7/h4-6H,3H2,1-2H3. The van der Waals surface area contributed by atoms with Crippen molar-refractivity contribution in [2.24, 2.45) is 5.92 Å². The van der Waals surface area contributed by atoms with Crippen LogP contribution in [0, 0.1) is 23.4 Å². The predicted octanol–water partition coefficient (Wildman–Crippen LogP) is 3.33.